The summed E-state index contributed by atoms with van der Waals surface area (Å²) in [7, 11) is 1.25. The van der Waals surface area contributed by atoms with Crippen LogP contribution in [0.2, 0.25) is 0 Å². The van der Waals surface area contributed by atoms with Crippen LogP contribution in [0.15, 0.2) is 108 Å². The number of rotatable bonds is 7. The van der Waals surface area contributed by atoms with Crippen molar-refractivity contribution < 1.29 is 14.3 Å². The van der Waals surface area contributed by atoms with Crippen LogP contribution in [0.25, 0.3) is 0 Å². The van der Waals surface area contributed by atoms with Crippen LogP contribution in [0.5, 0.6) is 0 Å². The molecule has 29 heavy (non-hydrogen) atoms. The largest absolute Gasteiger partial charge is 0.464 e. The molecular weight excluding hydrogens is 364 g/mol. The lowest BCUT2D eigenvalue weighted by Gasteiger charge is -2.10. The predicted molar refractivity (Wildman–Crippen MR) is 113 cm³/mol. The maximum absolute atomic E-state index is 12.5. The third kappa shape index (κ3) is 5.26. The Kier molecular flexibility index (Phi) is 6.68. The Hall–Kier alpha value is -3.99. The van der Waals surface area contributed by atoms with Gasteiger partial charge in [0.25, 0.3) is 0 Å². The minimum atomic E-state index is -0.682. The number of carbonyl (C=O) groups excluding carboxylic acids is 2. The molecule has 0 fully saturated rings. The fourth-order valence-corrected chi connectivity index (χ4v) is 2.67. The van der Waals surface area contributed by atoms with Gasteiger partial charge in [0.1, 0.15) is 5.70 Å². The first-order valence-electron chi connectivity index (χ1n) is 9.03. The molecule has 3 aromatic carbocycles. The summed E-state index contributed by atoms with van der Waals surface area (Å²) in [5, 5.41) is 4.43. The Morgan fingerprint density at radius 3 is 1.66 bits per heavy atom. The van der Waals surface area contributed by atoms with Crippen molar-refractivity contribution in [3.05, 3.63) is 119 Å². The van der Waals surface area contributed by atoms with Crippen molar-refractivity contribution in [2.75, 3.05) is 7.11 Å². The van der Waals surface area contributed by atoms with E-state index in [9.17, 15) is 9.59 Å². The molecule has 0 aliphatic carbocycles. The highest BCUT2D eigenvalue weighted by Gasteiger charge is 2.14. The van der Waals surface area contributed by atoms with Crippen molar-refractivity contribution in [2.24, 2.45) is 5.10 Å². The first-order chi connectivity index (χ1) is 14.2. The molecular formula is C24H20N2O3. The second-order valence-electron chi connectivity index (χ2n) is 6.08. The Morgan fingerprint density at radius 1 is 0.759 bits per heavy atom. The van der Waals surface area contributed by atoms with E-state index in [0.717, 1.165) is 11.1 Å². The molecule has 0 bridgehead atoms. The number of hydrazone groups is 1. The second kappa shape index (κ2) is 9.80. The first kappa shape index (κ1) is 19.8. The number of esters is 1. The van der Waals surface area contributed by atoms with E-state index in [1.165, 1.54) is 13.2 Å². The molecule has 0 aliphatic rings. The quantitative estimate of drug-likeness (QED) is 0.220. The van der Waals surface area contributed by atoms with Gasteiger partial charge < -0.3 is 4.74 Å². The fourth-order valence-electron chi connectivity index (χ4n) is 2.67. The SMILES string of the molecule is COC(=O)C(=CC(=O)c1ccccc1)NN=C(c1ccccc1)c1ccccc1. The number of benzene rings is 3. The highest BCUT2D eigenvalue weighted by molar-refractivity contribution is 6.13. The van der Waals surface area contributed by atoms with E-state index in [0.29, 0.717) is 11.3 Å². The Morgan fingerprint density at radius 2 is 1.21 bits per heavy atom. The number of allylic oxidation sites excluding steroid dienone is 1. The molecule has 0 aliphatic heterocycles. The smallest absolute Gasteiger partial charge is 0.356 e. The normalized spacial score (nSPS) is 10.7. The lowest BCUT2D eigenvalue weighted by atomic mass is 10.0. The monoisotopic (exact) mass is 384 g/mol. The van der Waals surface area contributed by atoms with Crippen LogP contribution in [-0.4, -0.2) is 24.6 Å². The maximum atomic E-state index is 12.5. The van der Waals surface area contributed by atoms with E-state index in [-0.39, 0.29) is 11.5 Å². The first-order valence-corrected chi connectivity index (χ1v) is 9.03. The summed E-state index contributed by atoms with van der Waals surface area (Å²) in [6, 6.07) is 27.8. The van der Waals surface area contributed by atoms with Gasteiger partial charge in [0.05, 0.1) is 12.8 Å². The topological polar surface area (TPSA) is 67.8 Å². The summed E-state index contributed by atoms with van der Waals surface area (Å²) in [5.41, 5.74) is 5.50. The van der Waals surface area contributed by atoms with Crippen molar-refractivity contribution in [3.63, 3.8) is 0 Å². The van der Waals surface area contributed by atoms with Crippen LogP contribution in [0, 0.1) is 0 Å². The van der Waals surface area contributed by atoms with Crippen LogP contribution >= 0.6 is 0 Å². The highest BCUT2D eigenvalue weighted by Crippen LogP contribution is 2.11. The van der Waals surface area contributed by atoms with Gasteiger partial charge in [-0.25, -0.2) is 4.79 Å². The van der Waals surface area contributed by atoms with Gasteiger partial charge in [0.2, 0.25) is 0 Å². The van der Waals surface area contributed by atoms with Crippen LogP contribution in [0.4, 0.5) is 0 Å². The zero-order valence-corrected chi connectivity index (χ0v) is 15.9. The summed E-state index contributed by atoms with van der Waals surface area (Å²) in [4.78, 5) is 24.7. The van der Waals surface area contributed by atoms with Gasteiger partial charge in [0.15, 0.2) is 5.78 Å². The van der Waals surface area contributed by atoms with Crippen molar-refractivity contribution in [1.82, 2.24) is 5.43 Å². The molecule has 0 amide bonds. The van der Waals surface area contributed by atoms with Crippen molar-refractivity contribution >= 4 is 17.5 Å². The molecule has 0 unspecified atom stereocenters. The fraction of sp³-hybridized carbons (Fsp3) is 0.0417. The summed E-state index contributed by atoms with van der Waals surface area (Å²) in [5.74, 6) is -1.01. The van der Waals surface area contributed by atoms with E-state index in [4.69, 9.17) is 4.74 Å². The van der Waals surface area contributed by atoms with E-state index in [2.05, 4.69) is 10.5 Å². The van der Waals surface area contributed by atoms with Gasteiger partial charge in [-0.05, 0) is 0 Å². The summed E-state index contributed by atoms with van der Waals surface area (Å²) in [6.45, 7) is 0. The third-order valence-corrected chi connectivity index (χ3v) is 4.12. The van der Waals surface area contributed by atoms with Gasteiger partial charge in [-0.1, -0.05) is 91.0 Å². The molecule has 0 saturated carbocycles. The standard InChI is InChI=1S/C24H20N2O3/c1-29-24(28)21(17-22(27)18-11-5-2-6-12-18)25-26-23(19-13-7-3-8-14-19)20-15-9-4-10-16-20/h2-17,25H,1H3. The van der Waals surface area contributed by atoms with Crippen LogP contribution in [0.3, 0.4) is 0 Å². The third-order valence-electron chi connectivity index (χ3n) is 4.12. The number of nitrogens with one attached hydrogen (secondary N) is 1. The Labute approximate surface area is 169 Å². The molecule has 144 valence electrons. The summed E-state index contributed by atoms with van der Waals surface area (Å²) < 4.78 is 4.80. The lowest BCUT2D eigenvalue weighted by Crippen LogP contribution is -2.21. The molecule has 0 radical (unpaired) electrons. The molecule has 0 aromatic heterocycles. The van der Waals surface area contributed by atoms with Gasteiger partial charge in [-0.2, -0.15) is 5.10 Å². The predicted octanol–water partition coefficient (Wildman–Crippen LogP) is 3.97. The minimum absolute atomic E-state index is 0.0503. The molecule has 0 saturated heterocycles. The van der Waals surface area contributed by atoms with Gasteiger partial charge in [0, 0.05) is 22.8 Å². The molecule has 1 N–H and O–H groups in total. The number of carbonyl (C=O) groups is 2. The lowest BCUT2D eigenvalue weighted by molar-refractivity contribution is -0.136. The van der Waals surface area contributed by atoms with Crippen LogP contribution in [-0.2, 0) is 9.53 Å². The van der Waals surface area contributed by atoms with E-state index < -0.39 is 5.97 Å². The van der Waals surface area contributed by atoms with Crippen molar-refractivity contribution in [3.8, 4) is 0 Å². The zero-order valence-electron chi connectivity index (χ0n) is 15.9. The Balaban J connectivity index is 1.96. The van der Waals surface area contributed by atoms with Crippen molar-refractivity contribution in [2.45, 2.75) is 0 Å². The molecule has 0 heterocycles. The molecule has 0 spiro atoms. The van der Waals surface area contributed by atoms with Gasteiger partial charge in [-0.15, -0.1) is 0 Å². The number of ketones is 1. The molecule has 5 heteroatoms. The molecule has 3 aromatic rings. The molecule has 0 atom stereocenters. The van der Waals surface area contributed by atoms with E-state index in [1.54, 1.807) is 24.3 Å². The number of nitrogens with zero attached hydrogens (tertiary/aromatic N) is 1. The zero-order chi connectivity index (χ0) is 20.5. The summed E-state index contributed by atoms with van der Waals surface area (Å²) >= 11 is 0. The second-order valence-corrected chi connectivity index (χ2v) is 6.08. The number of hydrogen-bond donors (Lipinski definition) is 1. The van der Waals surface area contributed by atoms with E-state index in [1.807, 2.05) is 66.7 Å². The Bertz CT molecular complexity index is 986. The van der Waals surface area contributed by atoms with Crippen LogP contribution < -0.4 is 5.43 Å². The van der Waals surface area contributed by atoms with E-state index >= 15 is 0 Å². The number of ether oxygens (including phenoxy) is 1. The maximum Gasteiger partial charge on any atom is 0.356 e. The molecule has 5 nitrogen and oxygen atoms in total. The van der Waals surface area contributed by atoms with Gasteiger partial charge >= 0.3 is 5.97 Å². The average Bonchev–Trinajstić information content (AvgIpc) is 2.79. The average molecular weight is 384 g/mol. The highest BCUT2D eigenvalue weighted by atomic mass is 16.5. The van der Waals surface area contributed by atoms with Gasteiger partial charge in [-0.3, -0.25) is 10.2 Å². The molecule has 3 rings (SSSR count). The summed E-state index contributed by atoms with van der Waals surface area (Å²) in [6.07, 6.45) is 1.19. The van der Waals surface area contributed by atoms with Crippen molar-refractivity contribution in [1.29, 1.82) is 0 Å². The number of hydrogen-bond acceptors (Lipinski definition) is 5. The minimum Gasteiger partial charge on any atom is -0.464 e. The number of methoxy groups -OCH3 is 1. The van der Waals surface area contributed by atoms with Crippen LogP contribution in [0.1, 0.15) is 21.5 Å².